The van der Waals surface area contributed by atoms with E-state index in [-0.39, 0.29) is 17.9 Å². The van der Waals surface area contributed by atoms with Gasteiger partial charge in [-0.25, -0.2) is 4.98 Å². The molecule has 1 amide bonds. The average Bonchev–Trinajstić information content (AvgIpc) is 2.96. The van der Waals surface area contributed by atoms with Crippen molar-refractivity contribution in [3.63, 3.8) is 0 Å². The van der Waals surface area contributed by atoms with Crippen LogP contribution in [0.4, 0.5) is 11.4 Å². The summed E-state index contributed by atoms with van der Waals surface area (Å²) in [5, 5.41) is 13.8. The van der Waals surface area contributed by atoms with Gasteiger partial charge in [-0.2, -0.15) is 0 Å². The number of amides is 1. The third-order valence-corrected chi connectivity index (χ3v) is 4.93. The van der Waals surface area contributed by atoms with Crippen molar-refractivity contribution in [1.29, 1.82) is 0 Å². The summed E-state index contributed by atoms with van der Waals surface area (Å²) in [6, 6.07) is 7.61. The molecule has 30 heavy (non-hydrogen) atoms. The molecule has 2 heterocycles. The fourth-order valence-corrected chi connectivity index (χ4v) is 3.25. The zero-order chi connectivity index (χ0) is 21.6. The zero-order valence-corrected chi connectivity index (χ0v) is 18.5. The highest BCUT2D eigenvalue weighted by molar-refractivity contribution is 6.33. The summed E-state index contributed by atoms with van der Waals surface area (Å²) in [5.74, 6) is 0.267. The molecule has 0 saturated heterocycles. The van der Waals surface area contributed by atoms with E-state index in [0.29, 0.717) is 24.0 Å². The lowest BCUT2D eigenvalue weighted by atomic mass is 9.97. The summed E-state index contributed by atoms with van der Waals surface area (Å²) in [7, 11) is 0. The Bertz CT molecular complexity index is 865. The molecule has 0 saturated carbocycles. The largest absolute Gasteiger partial charge is 0.468 e. The summed E-state index contributed by atoms with van der Waals surface area (Å²) in [6.07, 6.45) is 1.74. The van der Waals surface area contributed by atoms with Gasteiger partial charge in [-0.3, -0.25) is 4.79 Å². The molecular formula is C22H30ClN5O2. The molecule has 1 aliphatic heterocycles. The van der Waals surface area contributed by atoms with Crippen LogP contribution in [0.15, 0.2) is 30.5 Å². The quantitative estimate of drug-likeness (QED) is 0.537. The van der Waals surface area contributed by atoms with Crippen LogP contribution in [0.3, 0.4) is 0 Å². The van der Waals surface area contributed by atoms with Crippen LogP contribution in [0.2, 0.25) is 5.02 Å². The normalized spacial score (nSPS) is 13.6. The van der Waals surface area contributed by atoms with Crippen molar-refractivity contribution in [2.75, 3.05) is 36.9 Å². The number of benzene rings is 1. The molecule has 0 unspecified atom stereocenters. The van der Waals surface area contributed by atoms with Crippen LogP contribution in [0.25, 0.3) is 0 Å². The van der Waals surface area contributed by atoms with Crippen LogP contribution in [-0.2, 0) is 17.9 Å². The zero-order valence-electron chi connectivity index (χ0n) is 17.8. The number of fused-ring (bicyclic) bond motifs is 1. The number of hydrogen-bond donors (Lipinski definition) is 4. The van der Waals surface area contributed by atoms with Crippen LogP contribution < -0.4 is 26.0 Å². The summed E-state index contributed by atoms with van der Waals surface area (Å²) in [5.41, 5.74) is 4.18. The molecule has 1 aromatic carbocycles. The number of carbonyl (C=O) groups excluding carboxylic acids is 1. The lowest BCUT2D eigenvalue weighted by Gasteiger charge is -2.18. The molecule has 1 aliphatic rings. The molecule has 8 heteroatoms. The van der Waals surface area contributed by atoms with Crippen molar-refractivity contribution in [2.24, 2.45) is 5.41 Å². The van der Waals surface area contributed by atoms with Crippen molar-refractivity contribution in [2.45, 2.75) is 33.9 Å². The lowest BCUT2D eigenvalue weighted by molar-refractivity contribution is -0.123. The third kappa shape index (κ3) is 6.50. The number of halogens is 1. The molecule has 1 aromatic heterocycles. The number of pyridine rings is 1. The van der Waals surface area contributed by atoms with Crippen molar-refractivity contribution >= 4 is 28.9 Å². The van der Waals surface area contributed by atoms with Crippen LogP contribution >= 0.6 is 11.6 Å². The van der Waals surface area contributed by atoms with Crippen LogP contribution in [0.1, 0.15) is 31.9 Å². The van der Waals surface area contributed by atoms with Gasteiger partial charge in [-0.15, -0.1) is 0 Å². The van der Waals surface area contributed by atoms with Crippen molar-refractivity contribution in [3.8, 4) is 5.88 Å². The van der Waals surface area contributed by atoms with Gasteiger partial charge < -0.3 is 26.0 Å². The highest BCUT2D eigenvalue weighted by atomic mass is 35.5. The summed E-state index contributed by atoms with van der Waals surface area (Å²) < 4.78 is 5.48. The predicted octanol–water partition coefficient (Wildman–Crippen LogP) is 3.40. The number of nitrogens with one attached hydrogen (secondary N) is 4. The molecule has 7 nitrogen and oxygen atoms in total. The van der Waals surface area contributed by atoms with E-state index in [2.05, 4.69) is 47.0 Å². The maximum atomic E-state index is 11.9. The van der Waals surface area contributed by atoms with Gasteiger partial charge in [-0.05, 0) is 23.1 Å². The van der Waals surface area contributed by atoms with Crippen LogP contribution in [0, 0.1) is 5.41 Å². The van der Waals surface area contributed by atoms with Gasteiger partial charge in [0.2, 0.25) is 5.88 Å². The second-order valence-electron chi connectivity index (χ2n) is 8.54. The first-order valence-electron chi connectivity index (χ1n) is 10.2. The first-order chi connectivity index (χ1) is 14.3. The lowest BCUT2D eigenvalue weighted by Crippen LogP contribution is -2.35. The highest BCUT2D eigenvalue weighted by Gasteiger charge is 2.15. The Kier molecular flexibility index (Phi) is 7.39. The molecule has 0 atom stereocenters. The van der Waals surface area contributed by atoms with E-state index < -0.39 is 0 Å². The summed E-state index contributed by atoms with van der Waals surface area (Å²) in [4.78, 5) is 16.2. The average molecular weight is 432 g/mol. The number of anilines is 2. The minimum Gasteiger partial charge on any atom is -0.468 e. The van der Waals surface area contributed by atoms with E-state index in [1.807, 2.05) is 18.2 Å². The Morgan fingerprint density at radius 3 is 2.80 bits per heavy atom. The molecule has 0 bridgehead atoms. The maximum absolute atomic E-state index is 11.9. The topological polar surface area (TPSA) is 87.3 Å². The van der Waals surface area contributed by atoms with E-state index in [9.17, 15) is 4.79 Å². The summed E-state index contributed by atoms with van der Waals surface area (Å²) >= 11 is 6.44. The minimum absolute atomic E-state index is 0.0364. The SMILES string of the molecule is CC(C)(C)CNC(=O)COc1ccc(CNc2c(Cl)ccc3c2CNCCN3)cn1. The molecule has 2 aromatic rings. The number of aromatic nitrogens is 1. The highest BCUT2D eigenvalue weighted by Crippen LogP contribution is 2.33. The van der Waals surface area contributed by atoms with E-state index in [1.54, 1.807) is 12.3 Å². The molecule has 3 rings (SSSR count). The fraction of sp³-hybridized carbons (Fsp3) is 0.455. The number of hydrogen-bond acceptors (Lipinski definition) is 6. The second kappa shape index (κ2) is 10.00. The first-order valence-corrected chi connectivity index (χ1v) is 10.5. The monoisotopic (exact) mass is 431 g/mol. The van der Waals surface area contributed by atoms with Crippen LogP contribution in [-0.4, -0.2) is 37.1 Å². The maximum Gasteiger partial charge on any atom is 0.258 e. The van der Waals surface area contributed by atoms with E-state index in [1.165, 1.54) is 0 Å². The second-order valence-corrected chi connectivity index (χ2v) is 8.94. The van der Waals surface area contributed by atoms with Gasteiger partial charge in [0.15, 0.2) is 6.61 Å². The number of ether oxygens (including phenoxy) is 1. The van der Waals surface area contributed by atoms with Crippen molar-refractivity contribution < 1.29 is 9.53 Å². The minimum atomic E-state index is -0.154. The Morgan fingerprint density at radius 2 is 2.07 bits per heavy atom. The van der Waals surface area contributed by atoms with Gasteiger partial charge in [0, 0.05) is 56.2 Å². The molecule has 162 valence electrons. The molecule has 4 N–H and O–H groups in total. The van der Waals surface area contributed by atoms with Gasteiger partial charge in [0.25, 0.3) is 5.91 Å². The number of carbonyl (C=O) groups is 1. The number of nitrogens with zero attached hydrogens (tertiary/aromatic N) is 1. The Labute approximate surface area is 182 Å². The smallest absolute Gasteiger partial charge is 0.258 e. The Hall–Kier alpha value is -2.51. The van der Waals surface area contributed by atoms with Crippen molar-refractivity contribution in [1.82, 2.24) is 15.6 Å². The standard InChI is InChI=1S/C22H30ClN5O2/c1-22(2,3)14-28-19(29)13-30-20-7-4-15(10-26-20)11-27-21-16-12-24-8-9-25-18(16)6-5-17(21)23/h4-7,10,24-25,27H,8-9,11-14H2,1-3H3,(H,28,29). The van der Waals surface area contributed by atoms with Gasteiger partial charge in [0.05, 0.1) is 10.7 Å². The molecule has 0 aliphatic carbocycles. The van der Waals surface area contributed by atoms with E-state index in [0.717, 1.165) is 42.1 Å². The van der Waals surface area contributed by atoms with E-state index in [4.69, 9.17) is 16.3 Å². The molecular weight excluding hydrogens is 402 g/mol. The third-order valence-electron chi connectivity index (χ3n) is 4.61. The van der Waals surface area contributed by atoms with Crippen LogP contribution in [0.5, 0.6) is 5.88 Å². The van der Waals surface area contributed by atoms with Gasteiger partial charge in [0.1, 0.15) is 0 Å². The van der Waals surface area contributed by atoms with Gasteiger partial charge in [-0.1, -0.05) is 38.4 Å². The molecule has 0 fully saturated rings. The van der Waals surface area contributed by atoms with Gasteiger partial charge >= 0.3 is 0 Å². The Balaban J connectivity index is 1.54. The summed E-state index contributed by atoms with van der Waals surface area (Å²) in [6.45, 7) is 9.87. The van der Waals surface area contributed by atoms with E-state index >= 15 is 0 Å². The fourth-order valence-electron chi connectivity index (χ4n) is 3.00. The Morgan fingerprint density at radius 1 is 1.23 bits per heavy atom. The predicted molar refractivity (Wildman–Crippen MR) is 121 cm³/mol. The molecule has 0 spiro atoms. The van der Waals surface area contributed by atoms with Crippen molar-refractivity contribution in [3.05, 3.63) is 46.6 Å². The molecule has 0 radical (unpaired) electrons. The first kappa shape index (κ1) is 22.2. The number of rotatable bonds is 7.